The molecule has 2 aromatic carbocycles. The van der Waals surface area contributed by atoms with Gasteiger partial charge >= 0.3 is 17.9 Å². The highest BCUT2D eigenvalue weighted by Gasteiger charge is 2.41. The van der Waals surface area contributed by atoms with Crippen molar-refractivity contribution >= 4 is 40.8 Å². The number of carbonyl (C=O) groups excluding carboxylic acids is 1. The van der Waals surface area contributed by atoms with Crippen LogP contribution in [-0.2, 0) is 17.9 Å². The lowest BCUT2D eigenvalue weighted by atomic mass is 10.1. The largest absolute Gasteiger partial charge is 0.489 e. The number of carbonyl (C=O) groups is 1. The summed E-state index contributed by atoms with van der Waals surface area (Å²) in [5.74, 6) is 0.443. The first-order valence-corrected chi connectivity index (χ1v) is 12.7. The zero-order valence-corrected chi connectivity index (χ0v) is 22.0. The summed E-state index contributed by atoms with van der Waals surface area (Å²) in [6, 6.07) is 13.1. The highest BCUT2D eigenvalue weighted by molar-refractivity contribution is 6.42. The smallest absolute Gasteiger partial charge is 0.415 e. The number of rotatable bonds is 7. The minimum Gasteiger partial charge on any atom is -0.489 e. The summed E-state index contributed by atoms with van der Waals surface area (Å²) in [5, 5.41) is 11.8. The predicted octanol–water partition coefficient (Wildman–Crippen LogP) is 4.79. The molecule has 13 heteroatoms. The average Bonchev–Trinajstić information content (AvgIpc) is 3.44. The number of anilines is 1. The molecule has 1 saturated heterocycles. The molecular weight excluding hydrogens is 537 g/mol. The average molecular weight is 562 g/mol. The molecule has 0 spiro atoms. The Morgan fingerprint density at radius 3 is 2.53 bits per heavy atom. The summed E-state index contributed by atoms with van der Waals surface area (Å²) in [4.78, 5) is 30.6. The van der Waals surface area contributed by atoms with Crippen LogP contribution in [0, 0.1) is 10.1 Å². The van der Waals surface area contributed by atoms with Gasteiger partial charge < -0.3 is 34.1 Å². The van der Waals surface area contributed by atoms with Crippen LogP contribution in [0.4, 0.5) is 16.3 Å². The Bertz CT molecular complexity index is 1320. The number of nitrogens with zero attached hydrogens (tertiary/aromatic N) is 5. The molecule has 200 valence electrons. The molecule has 1 aromatic heterocycles. The van der Waals surface area contributed by atoms with Gasteiger partial charge in [0.1, 0.15) is 25.2 Å². The standard InChI is InChI=1S/C25H25Cl2N5O6/c1-25(15-31-13-22(32(34)35)28-23(31)38-25)16-37-19-5-3-18(4-6-19)29-8-10-30(11-9-29)24(33)36-14-17-2-7-20(26)21(27)12-17/h2-7,12-13H,8-11,14-16H2,1H3/t25-/m0/s1. The van der Waals surface area contributed by atoms with Crippen LogP contribution in [0.5, 0.6) is 11.8 Å². The highest BCUT2D eigenvalue weighted by atomic mass is 35.5. The summed E-state index contributed by atoms with van der Waals surface area (Å²) in [5.41, 5.74) is 1.12. The number of imidazole rings is 1. The van der Waals surface area contributed by atoms with E-state index in [9.17, 15) is 14.9 Å². The van der Waals surface area contributed by atoms with Crippen molar-refractivity contribution in [3.8, 4) is 11.8 Å². The van der Waals surface area contributed by atoms with Gasteiger partial charge in [0.15, 0.2) is 5.60 Å². The molecule has 0 saturated carbocycles. The summed E-state index contributed by atoms with van der Waals surface area (Å²) < 4.78 is 18.8. The van der Waals surface area contributed by atoms with Crippen LogP contribution >= 0.6 is 23.2 Å². The molecule has 2 aliphatic rings. The third kappa shape index (κ3) is 5.73. The second-order valence-corrected chi connectivity index (χ2v) is 10.2. The summed E-state index contributed by atoms with van der Waals surface area (Å²) in [7, 11) is 0. The lowest BCUT2D eigenvalue weighted by molar-refractivity contribution is -0.389. The minimum atomic E-state index is -0.680. The van der Waals surface area contributed by atoms with Gasteiger partial charge in [-0.2, -0.15) is 0 Å². The predicted molar refractivity (Wildman–Crippen MR) is 140 cm³/mol. The summed E-state index contributed by atoms with van der Waals surface area (Å²) in [6.45, 7) is 5.09. The lowest BCUT2D eigenvalue weighted by Crippen LogP contribution is -2.48. The zero-order valence-electron chi connectivity index (χ0n) is 20.5. The Hall–Kier alpha value is -3.70. The van der Waals surface area contributed by atoms with Gasteiger partial charge in [-0.15, -0.1) is 0 Å². The van der Waals surface area contributed by atoms with Crippen LogP contribution in [-0.4, -0.2) is 63.9 Å². The van der Waals surface area contributed by atoms with Crippen molar-refractivity contribution in [1.82, 2.24) is 14.5 Å². The van der Waals surface area contributed by atoms with E-state index in [0.717, 1.165) is 11.3 Å². The number of ether oxygens (including phenoxy) is 3. The first-order valence-electron chi connectivity index (χ1n) is 11.9. The van der Waals surface area contributed by atoms with Crippen LogP contribution in [0.25, 0.3) is 0 Å². The van der Waals surface area contributed by atoms with Crippen LogP contribution < -0.4 is 14.4 Å². The molecule has 0 unspecified atom stereocenters. The van der Waals surface area contributed by atoms with Crippen molar-refractivity contribution in [3.63, 3.8) is 0 Å². The number of nitro groups is 1. The van der Waals surface area contributed by atoms with E-state index in [1.807, 2.05) is 31.2 Å². The van der Waals surface area contributed by atoms with E-state index < -0.39 is 10.5 Å². The summed E-state index contributed by atoms with van der Waals surface area (Å²) in [6.07, 6.45) is 1.00. The normalized spacial score (nSPS) is 18.6. The fourth-order valence-corrected chi connectivity index (χ4v) is 4.68. The molecule has 0 bridgehead atoms. The second-order valence-electron chi connectivity index (χ2n) is 9.38. The number of hydrogen-bond acceptors (Lipinski definition) is 8. The molecule has 1 amide bonds. The van der Waals surface area contributed by atoms with Crippen LogP contribution in [0.3, 0.4) is 0 Å². The number of piperazine rings is 1. The highest BCUT2D eigenvalue weighted by Crippen LogP contribution is 2.32. The van der Waals surface area contributed by atoms with Crippen molar-refractivity contribution in [2.24, 2.45) is 0 Å². The van der Waals surface area contributed by atoms with Gasteiger partial charge in [0.05, 0.1) is 16.6 Å². The summed E-state index contributed by atoms with van der Waals surface area (Å²) >= 11 is 11.9. The first kappa shape index (κ1) is 25.9. The third-order valence-electron chi connectivity index (χ3n) is 6.39. The molecule has 3 heterocycles. The van der Waals surface area contributed by atoms with Crippen LogP contribution in [0.1, 0.15) is 12.5 Å². The van der Waals surface area contributed by atoms with Crippen molar-refractivity contribution in [1.29, 1.82) is 0 Å². The molecule has 5 rings (SSSR count). The van der Waals surface area contributed by atoms with Crippen LogP contribution in [0.2, 0.25) is 10.0 Å². The number of halogens is 2. The van der Waals surface area contributed by atoms with Gasteiger partial charge in [-0.05, 0) is 53.8 Å². The third-order valence-corrected chi connectivity index (χ3v) is 7.13. The van der Waals surface area contributed by atoms with E-state index in [1.54, 1.807) is 27.7 Å². The SMILES string of the molecule is C[C@@]1(COc2ccc(N3CCN(C(=O)OCc4ccc(Cl)c(Cl)c4)CC3)cc2)Cn2cc([N+](=O)[O-])nc2O1. The first-order chi connectivity index (χ1) is 18.2. The van der Waals surface area contributed by atoms with Gasteiger partial charge in [0.25, 0.3) is 0 Å². The van der Waals surface area contributed by atoms with Crippen molar-refractivity contribution < 1.29 is 23.9 Å². The van der Waals surface area contributed by atoms with Gasteiger partial charge in [-0.25, -0.2) is 4.79 Å². The zero-order chi connectivity index (χ0) is 26.9. The second kappa shape index (κ2) is 10.6. The van der Waals surface area contributed by atoms with E-state index in [1.165, 1.54) is 6.20 Å². The molecule has 1 fully saturated rings. The Balaban J connectivity index is 1.07. The Morgan fingerprint density at radius 2 is 1.87 bits per heavy atom. The molecule has 0 N–H and O–H groups in total. The number of benzene rings is 2. The number of fused-ring (bicyclic) bond motifs is 1. The Morgan fingerprint density at radius 1 is 1.13 bits per heavy atom. The Kier molecular flexibility index (Phi) is 7.22. The quantitative estimate of drug-likeness (QED) is 0.299. The van der Waals surface area contributed by atoms with Crippen LogP contribution in [0.15, 0.2) is 48.7 Å². The molecule has 2 aliphatic heterocycles. The molecular formula is C25H25Cl2N5O6. The minimum absolute atomic E-state index is 0.129. The molecule has 1 atom stereocenters. The number of amides is 1. The van der Waals surface area contributed by atoms with Crippen molar-refractivity contribution in [2.75, 3.05) is 37.7 Å². The van der Waals surface area contributed by atoms with Crippen molar-refractivity contribution in [2.45, 2.75) is 25.7 Å². The van der Waals surface area contributed by atoms with E-state index in [4.69, 9.17) is 37.4 Å². The van der Waals surface area contributed by atoms with Gasteiger partial charge in [0, 0.05) is 36.9 Å². The van der Waals surface area contributed by atoms with Crippen molar-refractivity contribution in [3.05, 3.63) is 74.4 Å². The molecule has 0 aliphatic carbocycles. The maximum absolute atomic E-state index is 12.5. The van der Waals surface area contributed by atoms with Gasteiger partial charge in [-0.1, -0.05) is 29.3 Å². The molecule has 3 aromatic rings. The molecule has 11 nitrogen and oxygen atoms in total. The fraction of sp³-hybridized carbons (Fsp3) is 0.360. The number of hydrogen-bond donors (Lipinski definition) is 0. The maximum Gasteiger partial charge on any atom is 0.415 e. The molecule has 0 radical (unpaired) electrons. The monoisotopic (exact) mass is 561 g/mol. The molecule has 38 heavy (non-hydrogen) atoms. The fourth-order valence-electron chi connectivity index (χ4n) is 4.36. The maximum atomic E-state index is 12.5. The van der Waals surface area contributed by atoms with Gasteiger partial charge in [0.2, 0.25) is 0 Å². The van der Waals surface area contributed by atoms with E-state index in [2.05, 4.69) is 9.88 Å². The topological polar surface area (TPSA) is 112 Å². The van der Waals surface area contributed by atoms with E-state index >= 15 is 0 Å². The van der Waals surface area contributed by atoms with E-state index in [-0.39, 0.29) is 31.1 Å². The number of aromatic nitrogens is 2. The van der Waals surface area contributed by atoms with Gasteiger partial charge in [-0.3, -0.25) is 4.57 Å². The van der Waals surface area contributed by atoms with E-state index in [0.29, 0.717) is 48.5 Å². The Labute approximate surface area is 228 Å². The lowest BCUT2D eigenvalue weighted by Gasteiger charge is -2.35.